The molecule has 2 amide bonds. The smallest absolute Gasteiger partial charge is 0.323 e. The molecule has 0 saturated carbocycles. The number of aromatic nitrogens is 3. The zero-order valence-corrected chi connectivity index (χ0v) is 13.7. The summed E-state index contributed by atoms with van der Waals surface area (Å²) in [5, 5.41) is 10.7. The van der Waals surface area contributed by atoms with Crippen LogP contribution in [0.1, 0.15) is 0 Å². The van der Waals surface area contributed by atoms with Gasteiger partial charge in [0, 0.05) is 13.1 Å². The summed E-state index contributed by atoms with van der Waals surface area (Å²) in [5.41, 5.74) is 0.801. The molecule has 1 aromatic heterocycles. The molecule has 0 bridgehead atoms. The number of amides is 2. The number of hydrogen-bond donors (Lipinski definition) is 1. The lowest BCUT2D eigenvalue weighted by molar-refractivity contribution is 0.220. The number of fused-ring (bicyclic) bond motifs is 1. The second-order valence-electron chi connectivity index (χ2n) is 6.30. The van der Waals surface area contributed by atoms with Gasteiger partial charge >= 0.3 is 6.03 Å². The third-order valence-electron chi connectivity index (χ3n) is 4.58. The molecule has 2 aromatic rings. The van der Waals surface area contributed by atoms with E-state index in [1.165, 1.54) is 6.20 Å². The van der Waals surface area contributed by atoms with Gasteiger partial charge in [-0.2, -0.15) is 4.68 Å². The van der Waals surface area contributed by atoms with Gasteiger partial charge in [-0.05, 0) is 24.0 Å². The normalized spacial score (nSPS) is 24.8. The van der Waals surface area contributed by atoms with Crippen LogP contribution in [0.15, 0.2) is 36.5 Å². The summed E-state index contributed by atoms with van der Waals surface area (Å²) in [6.07, 6.45) is 1.49. The first-order valence-electron chi connectivity index (χ1n) is 7.74. The van der Waals surface area contributed by atoms with Crippen molar-refractivity contribution >= 4 is 21.7 Å². The van der Waals surface area contributed by atoms with Crippen LogP contribution in [0.25, 0.3) is 5.69 Å². The first kappa shape index (κ1) is 15.1. The molecule has 8 nitrogen and oxygen atoms in total. The number of benzene rings is 1. The molecule has 126 valence electrons. The standard InChI is InChI=1S/C15H17N5O3S/c21-15(19-7-11-9-24(22,23)10-12(11)8-19)17-14-6-16-18-20(14)13-4-2-1-3-5-13/h1-6,11-12H,7-10H2,(H,17,21)/t11-,12+. The lowest BCUT2D eigenvalue weighted by Crippen LogP contribution is -2.35. The maximum absolute atomic E-state index is 12.5. The Bertz CT molecular complexity index is 844. The molecule has 2 atom stereocenters. The highest BCUT2D eigenvalue weighted by Crippen LogP contribution is 2.32. The van der Waals surface area contributed by atoms with Crippen molar-refractivity contribution in [2.75, 3.05) is 29.9 Å². The highest BCUT2D eigenvalue weighted by molar-refractivity contribution is 7.91. The number of nitrogens with zero attached hydrogens (tertiary/aromatic N) is 4. The van der Waals surface area contributed by atoms with Crippen LogP contribution in [0.4, 0.5) is 10.6 Å². The number of hydrogen-bond acceptors (Lipinski definition) is 5. The summed E-state index contributed by atoms with van der Waals surface area (Å²) in [7, 11) is -2.93. The maximum atomic E-state index is 12.5. The van der Waals surface area contributed by atoms with E-state index >= 15 is 0 Å². The minimum Gasteiger partial charge on any atom is -0.324 e. The topological polar surface area (TPSA) is 97.2 Å². The van der Waals surface area contributed by atoms with Gasteiger partial charge in [0.15, 0.2) is 15.7 Å². The minimum atomic E-state index is -2.93. The summed E-state index contributed by atoms with van der Waals surface area (Å²) in [6.45, 7) is 0.950. The molecule has 4 rings (SSSR count). The molecule has 2 fully saturated rings. The maximum Gasteiger partial charge on any atom is 0.323 e. The Balaban J connectivity index is 1.46. The van der Waals surface area contributed by atoms with Gasteiger partial charge in [0.2, 0.25) is 0 Å². The molecule has 0 radical (unpaired) electrons. The molecular formula is C15H17N5O3S. The molecule has 24 heavy (non-hydrogen) atoms. The van der Waals surface area contributed by atoms with Crippen molar-refractivity contribution in [1.82, 2.24) is 19.9 Å². The van der Waals surface area contributed by atoms with Gasteiger partial charge in [-0.1, -0.05) is 23.4 Å². The van der Waals surface area contributed by atoms with Crippen molar-refractivity contribution in [1.29, 1.82) is 0 Å². The van der Waals surface area contributed by atoms with Crippen LogP contribution >= 0.6 is 0 Å². The van der Waals surface area contributed by atoms with Crippen molar-refractivity contribution in [2.45, 2.75) is 0 Å². The molecule has 0 spiro atoms. The molecular weight excluding hydrogens is 330 g/mol. The summed E-state index contributed by atoms with van der Waals surface area (Å²) >= 11 is 0. The van der Waals surface area contributed by atoms with Crippen LogP contribution in [0, 0.1) is 11.8 Å². The average molecular weight is 347 g/mol. The van der Waals surface area contributed by atoms with Crippen molar-refractivity contribution in [3.05, 3.63) is 36.5 Å². The van der Waals surface area contributed by atoms with E-state index in [4.69, 9.17) is 0 Å². The van der Waals surface area contributed by atoms with Crippen LogP contribution in [0.5, 0.6) is 0 Å². The van der Waals surface area contributed by atoms with E-state index in [0.29, 0.717) is 18.9 Å². The first-order chi connectivity index (χ1) is 11.5. The van der Waals surface area contributed by atoms with Gasteiger partial charge in [0.1, 0.15) is 0 Å². The number of sulfone groups is 1. The number of urea groups is 1. The quantitative estimate of drug-likeness (QED) is 0.866. The largest absolute Gasteiger partial charge is 0.324 e. The summed E-state index contributed by atoms with van der Waals surface area (Å²) < 4.78 is 24.8. The van der Waals surface area contributed by atoms with Crippen LogP contribution in [-0.2, 0) is 9.84 Å². The molecule has 2 aliphatic heterocycles. The Morgan fingerprint density at radius 1 is 1.12 bits per heavy atom. The monoisotopic (exact) mass is 347 g/mol. The summed E-state index contributed by atoms with van der Waals surface area (Å²) in [5.74, 6) is 0.960. The van der Waals surface area contributed by atoms with Gasteiger partial charge in [-0.25, -0.2) is 13.2 Å². The van der Waals surface area contributed by atoms with Gasteiger partial charge in [-0.3, -0.25) is 5.32 Å². The number of carbonyl (C=O) groups is 1. The van der Waals surface area contributed by atoms with Gasteiger partial charge in [-0.15, -0.1) is 5.10 Å². The Morgan fingerprint density at radius 2 is 1.79 bits per heavy atom. The van der Waals surface area contributed by atoms with E-state index in [9.17, 15) is 13.2 Å². The Morgan fingerprint density at radius 3 is 2.46 bits per heavy atom. The Kier molecular flexibility index (Phi) is 3.52. The molecule has 0 aliphatic carbocycles. The fourth-order valence-electron chi connectivity index (χ4n) is 3.47. The van der Waals surface area contributed by atoms with E-state index in [1.54, 1.807) is 9.58 Å². The minimum absolute atomic E-state index is 0.0536. The average Bonchev–Trinajstić information content (AvgIpc) is 3.20. The van der Waals surface area contributed by atoms with Gasteiger partial charge < -0.3 is 4.90 Å². The van der Waals surface area contributed by atoms with E-state index in [2.05, 4.69) is 15.6 Å². The molecule has 1 N–H and O–H groups in total. The molecule has 2 saturated heterocycles. The van der Waals surface area contributed by atoms with Crippen LogP contribution in [0.3, 0.4) is 0 Å². The van der Waals surface area contributed by atoms with Gasteiger partial charge in [0.05, 0.1) is 23.4 Å². The number of rotatable bonds is 2. The van der Waals surface area contributed by atoms with Gasteiger partial charge in [0.25, 0.3) is 0 Å². The number of nitrogens with one attached hydrogen (secondary N) is 1. The van der Waals surface area contributed by atoms with Crippen molar-refractivity contribution < 1.29 is 13.2 Å². The predicted molar refractivity (Wildman–Crippen MR) is 87.6 cm³/mol. The zero-order chi connectivity index (χ0) is 16.7. The van der Waals surface area contributed by atoms with Crippen molar-refractivity contribution in [2.24, 2.45) is 11.8 Å². The van der Waals surface area contributed by atoms with E-state index < -0.39 is 9.84 Å². The highest BCUT2D eigenvalue weighted by atomic mass is 32.2. The second kappa shape index (κ2) is 5.59. The highest BCUT2D eigenvalue weighted by Gasteiger charge is 2.45. The lowest BCUT2D eigenvalue weighted by Gasteiger charge is -2.18. The van der Waals surface area contributed by atoms with Crippen LogP contribution in [0.2, 0.25) is 0 Å². The van der Waals surface area contributed by atoms with Crippen molar-refractivity contribution in [3.63, 3.8) is 0 Å². The van der Waals surface area contributed by atoms with E-state index in [-0.39, 0.29) is 29.4 Å². The van der Waals surface area contributed by atoms with Crippen LogP contribution in [-0.4, -0.2) is 58.9 Å². The molecule has 0 unspecified atom stereocenters. The zero-order valence-electron chi connectivity index (χ0n) is 12.9. The number of anilines is 1. The third kappa shape index (κ3) is 2.75. The Hall–Kier alpha value is -2.42. The molecule has 3 heterocycles. The third-order valence-corrected chi connectivity index (χ3v) is 6.46. The first-order valence-corrected chi connectivity index (χ1v) is 9.56. The Labute approximate surface area is 139 Å². The molecule has 1 aromatic carbocycles. The lowest BCUT2D eigenvalue weighted by atomic mass is 10.0. The fraction of sp³-hybridized carbons (Fsp3) is 0.400. The summed E-state index contributed by atoms with van der Waals surface area (Å²) in [4.78, 5) is 14.2. The molecule has 2 aliphatic rings. The predicted octanol–water partition coefficient (Wildman–Crippen LogP) is 0.776. The molecule has 9 heteroatoms. The van der Waals surface area contributed by atoms with Crippen LogP contribution < -0.4 is 5.32 Å². The number of para-hydroxylation sites is 1. The van der Waals surface area contributed by atoms with E-state index in [0.717, 1.165) is 5.69 Å². The number of carbonyl (C=O) groups excluding carboxylic acids is 1. The second-order valence-corrected chi connectivity index (χ2v) is 8.45. The van der Waals surface area contributed by atoms with E-state index in [1.807, 2.05) is 30.3 Å². The fourth-order valence-corrected chi connectivity index (χ4v) is 5.67. The SMILES string of the molecule is O=C(Nc1cnnn1-c1ccccc1)N1C[C@@H]2CS(=O)(=O)C[C@@H]2C1. The summed E-state index contributed by atoms with van der Waals surface area (Å²) in [6, 6.07) is 9.15. The van der Waals surface area contributed by atoms with Crippen molar-refractivity contribution in [3.8, 4) is 5.69 Å². The number of likely N-dealkylation sites (tertiary alicyclic amines) is 1.